The molecule has 4 rings (SSSR count). The first-order valence-corrected chi connectivity index (χ1v) is 10.2. The maximum absolute atomic E-state index is 12.5. The van der Waals surface area contributed by atoms with Crippen LogP contribution >= 0.6 is 0 Å². The maximum Gasteiger partial charge on any atom is 0.333 e. The van der Waals surface area contributed by atoms with Crippen molar-refractivity contribution in [1.82, 2.24) is 0 Å². The first-order chi connectivity index (χ1) is 16.2. The summed E-state index contributed by atoms with van der Waals surface area (Å²) in [5.41, 5.74) is 1.33. The molecule has 34 heavy (non-hydrogen) atoms. The third-order valence-electron chi connectivity index (χ3n) is 4.74. The molecule has 0 amide bonds. The minimum Gasteiger partial charge on any atom is -0.460 e. The van der Waals surface area contributed by atoms with E-state index in [2.05, 4.69) is 11.3 Å². The summed E-state index contributed by atoms with van der Waals surface area (Å²) in [5.74, 6) is -2.78. The summed E-state index contributed by atoms with van der Waals surface area (Å²) < 4.78 is 9.86. The fourth-order valence-electron chi connectivity index (χ4n) is 3.11. The summed E-state index contributed by atoms with van der Waals surface area (Å²) in [6.07, 6.45) is 2.09. The molecule has 8 nitrogen and oxygen atoms in total. The number of hydrogen-bond acceptors (Lipinski definition) is 8. The van der Waals surface area contributed by atoms with Crippen molar-refractivity contribution in [2.75, 3.05) is 13.2 Å². The topological polar surface area (TPSA) is 124 Å². The zero-order chi connectivity index (χ0) is 24.8. The Morgan fingerprint density at radius 2 is 1.21 bits per heavy atom. The second-order valence-electron chi connectivity index (χ2n) is 7.24. The van der Waals surface area contributed by atoms with E-state index in [1.165, 1.54) is 12.1 Å². The van der Waals surface area contributed by atoms with Crippen LogP contribution in [0.2, 0.25) is 0 Å². The molecule has 0 heterocycles. The first-order valence-electron chi connectivity index (χ1n) is 10.2. The van der Waals surface area contributed by atoms with Crippen LogP contribution in [-0.2, 0) is 14.3 Å². The van der Waals surface area contributed by atoms with Crippen LogP contribution in [0.5, 0.6) is 0 Å². The second kappa shape index (κ2) is 10.5. The Bertz CT molecular complexity index is 1200. The number of carbonyl (C=O) groups excluding carboxylic acids is 5. The van der Waals surface area contributed by atoms with Crippen LogP contribution in [-0.4, -0.2) is 47.4 Å². The SMILES string of the molecule is C=C(C)C(=O)OCCO.O=C1C=C(OC2=CC(=O)c3ccccc3C2=O)C(=O)c2ccccc21. The molecule has 0 fully saturated rings. The van der Waals surface area contributed by atoms with Crippen molar-refractivity contribution in [2.45, 2.75) is 6.92 Å². The van der Waals surface area contributed by atoms with Gasteiger partial charge in [-0.05, 0) is 6.92 Å². The lowest BCUT2D eigenvalue weighted by atomic mass is 9.92. The molecule has 0 spiro atoms. The quantitative estimate of drug-likeness (QED) is 0.533. The van der Waals surface area contributed by atoms with Gasteiger partial charge in [0, 0.05) is 40.0 Å². The Balaban J connectivity index is 0.000000309. The van der Waals surface area contributed by atoms with E-state index in [4.69, 9.17) is 9.84 Å². The number of carbonyl (C=O) groups is 5. The molecule has 8 heteroatoms. The lowest BCUT2D eigenvalue weighted by molar-refractivity contribution is -0.139. The molecule has 2 aromatic rings. The van der Waals surface area contributed by atoms with E-state index >= 15 is 0 Å². The van der Waals surface area contributed by atoms with Gasteiger partial charge in [0.2, 0.25) is 11.6 Å². The van der Waals surface area contributed by atoms with Crippen LogP contribution in [0, 0.1) is 0 Å². The van der Waals surface area contributed by atoms with Gasteiger partial charge in [-0.15, -0.1) is 0 Å². The normalized spacial score (nSPS) is 14.1. The number of benzene rings is 2. The highest BCUT2D eigenvalue weighted by atomic mass is 16.5. The lowest BCUT2D eigenvalue weighted by Crippen LogP contribution is -2.23. The summed E-state index contributed by atoms with van der Waals surface area (Å²) >= 11 is 0. The van der Waals surface area contributed by atoms with Crippen LogP contribution in [0.25, 0.3) is 0 Å². The number of rotatable bonds is 5. The number of aliphatic hydroxyl groups excluding tert-OH is 1. The second-order valence-corrected chi connectivity index (χ2v) is 7.24. The minimum atomic E-state index is -0.504. The van der Waals surface area contributed by atoms with Crippen LogP contribution in [0.3, 0.4) is 0 Å². The van der Waals surface area contributed by atoms with E-state index in [1.807, 2.05) is 0 Å². The first kappa shape index (κ1) is 24.2. The van der Waals surface area contributed by atoms with Gasteiger partial charge in [0.05, 0.1) is 6.61 Å². The molecule has 2 aliphatic rings. The smallest absolute Gasteiger partial charge is 0.333 e. The predicted octanol–water partition coefficient (Wildman–Crippen LogP) is 3.03. The Hall–Kier alpha value is -4.43. The number of fused-ring (bicyclic) bond motifs is 2. The molecule has 1 N–H and O–H groups in total. The number of hydrogen-bond donors (Lipinski definition) is 1. The lowest BCUT2D eigenvalue weighted by Gasteiger charge is -2.19. The summed E-state index contributed by atoms with van der Waals surface area (Å²) in [7, 11) is 0. The highest BCUT2D eigenvalue weighted by molar-refractivity contribution is 6.26. The number of aliphatic hydroxyl groups is 1. The van der Waals surface area contributed by atoms with Crippen molar-refractivity contribution in [3.05, 3.63) is 107 Å². The summed E-state index contributed by atoms with van der Waals surface area (Å²) in [4.78, 5) is 59.8. The van der Waals surface area contributed by atoms with E-state index in [0.29, 0.717) is 5.57 Å². The highest BCUT2D eigenvalue weighted by Gasteiger charge is 2.31. The van der Waals surface area contributed by atoms with Crippen LogP contribution < -0.4 is 0 Å². The van der Waals surface area contributed by atoms with Crippen molar-refractivity contribution >= 4 is 29.1 Å². The third-order valence-corrected chi connectivity index (χ3v) is 4.74. The molecule has 2 aliphatic carbocycles. The largest absolute Gasteiger partial charge is 0.460 e. The third kappa shape index (κ3) is 5.13. The Labute approximate surface area is 194 Å². The molecule has 0 saturated heterocycles. The van der Waals surface area contributed by atoms with Gasteiger partial charge in [-0.25, -0.2) is 4.79 Å². The number of esters is 1. The molecule has 0 radical (unpaired) electrons. The molecule has 172 valence electrons. The number of ether oxygens (including phenoxy) is 2. The predicted molar refractivity (Wildman–Crippen MR) is 120 cm³/mol. The van der Waals surface area contributed by atoms with Gasteiger partial charge >= 0.3 is 5.97 Å². The molecule has 0 unspecified atom stereocenters. The summed E-state index contributed by atoms with van der Waals surface area (Å²) in [5, 5.41) is 8.19. The van der Waals surface area contributed by atoms with E-state index in [0.717, 1.165) is 12.2 Å². The monoisotopic (exact) mass is 460 g/mol. The zero-order valence-corrected chi connectivity index (χ0v) is 18.2. The van der Waals surface area contributed by atoms with Crippen molar-refractivity contribution in [3.8, 4) is 0 Å². The Morgan fingerprint density at radius 1 is 0.794 bits per heavy atom. The van der Waals surface area contributed by atoms with E-state index in [1.54, 1.807) is 43.3 Å². The minimum absolute atomic E-state index is 0.0473. The zero-order valence-electron chi connectivity index (χ0n) is 18.2. The van der Waals surface area contributed by atoms with E-state index < -0.39 is 17.5 Å². The van der Waals surface area contributed by atoms with Crippen LogP contribution in [0.15, 0.2) is 84.4 Å². The number of ketones is 4. The van der Waals surface area contributed by atoms with Crippen LogP contribution in [0.1, 0.15) is 48.4 Å². The van der Waals surface area contributed by atoms with Gasteiger partial charge in [-0.3, -0.25) is 19.2 Å². The van der Waals surface area contributed by atoms with E-state index in [-0.39, 0.29) is 58.6 Å². The van der Waals surface area contributed by atoms with Crippen molar-refractivity contribution < 1.29 is 38.6 Å². The molecule has 0 bridgehead atoms. The molecular formula is C26H20O8. The van der Waals surface area contributed by atoms with Gasteiger partial charge in [-0.1, -0.05) is 55.1 Å². The summed E-state index contributed by atoms with van der Waals surface area (Å²) in [6.45, 7) is 4.81. The van der Waals surface area contributed by atoms with Gasteiger partial charge in [0.1, 0.15) is 6.61 Å². The fourth-order valence-corrected chi connectivity index (χ4v) is 3.11. The standard InChI is InChI=1S/C20H10O5.C6H10O3/c21-15-9-17(19(23)13-7-3-1-5-11(13)15)25-18-10-16(22)12-6-2-4-8-14(12)20(18)24;1-5(2)6(8)9-4-3-7/h1-10H;7H,1,3-4H2,2H3. The van der Waals surface area contributed by atoms with Crippen molar-refractivity contribution in [1.29, 1.82) is 0 Å². The van der Waals surface area contributed by atoms with Crippen molar-refractivity contribution in [3.63, 3.8) is 0 Å². The molecule has 0 saturated carbocycles. The molecule has 0 atom stereocenters. The van der Waals surface area contributed by atoms with Gasteiger partial charge in [-0.2, -0.15) is 0 Å². The van der Waals surface area contributed by atoms with Gasteiger partial charge in [0.25, 0.3) is 0 Å². The molecule has 0 aliphatic heterocycles. The maximum atomic E-state index is 12.5. The summed E-state index contributed by atoms with van der Waals surface area (Å²) in [6, 6.07) is 12.7. The Morgan fingerprint density at radius 3 is 1.59 bits per heavy atom. The average Bonchev–Trinajstić information content (AvgIpc) is 2.84. The van der Waals surface area contributed by atoms with Crippen LogP contribution in [0.4, 0.5) is 0 Å². The highest BCUT2D eigenvalue weighted by Crippen LogP contribution is 2.27. The van der Waals surface area contributed by atoms with Crippen molar-refractivity contribution in [2.24, 2.45) is 0 Å². The van der Waals surface area contributed by atoms with Gasteiger partial charge in [0.15, 0.2) is 23.1 Å². The number of Topliss-reactive ketones (excluding diaryl/α,β-unsaturated/α-hetero) is 2. The molecule has 2 aromatic carbocycles. The average molecular weight is 460 g/mol. The molecule has 0 aromatic heterocycles. The molecular weight excluding hydrogens is 440 g/mol. The number of allylic oxidation sites excluding steroid dienone is 4. The van der Waals surface area contributed by atoms with E-state index in [9.17, 15) is 24.0 Å². The Kier molecular flexibility index (Phi) is 7.45. The fraction of sp³-hybridized carbons (Fsp3) is 0.115. The van der Waals surface area contributed by atoms with Gasteiger partial charge < -0.3 is 14.6 Å².